The molecule has 16 heavy (non-hydrogen) atoms. The molecule has 0 atom stereocenters. The van der Waals surface area contributed by atoms with Crippen molar-refractivity contribution in [3.05, 3.63) is 29.3 Å². The van der Waals surface area contributed by atoms with Gasteiger partial charge in [-0.25, -0.2) is 0 Å². The van der Waals surface area contributed by atoms with Crippen LogP contribution in [-0.4, -0.2) is 37.0 Å². The Kier molecular flexibility index (Phi) is 3.34. The highest BCUT2D eigenvalue weighted by Crippen LogP contribution is 2.19. The number of benzene rings is 1. The Bertz CT molecular complexity index is 377. The van der Waals surface area contributed by atoms with E-state index in [1.807, 2.05) is 36.1 Å². The first-order valence-electron chi connectivity index (χ1n) is 5.49. The van der Waals surface area contributed by atoms with Crippen LogP contribution in [0.25, 0.3) is 0 Å². The van der Waals surface area contributed by atoms with Gasteiger partial charge in [0.15, 0.2) is 0 Å². The van der Waals surface area contributed by atoms with Crippen molar-refractivity contribution in [3.63, 3.8) is 0 Å². The Balaban J connectivity index is 2.07. The fraction of sp³-hybridized carbons (Fsp3) is 0.417. The van der Waals surface area contributed by atoms with Crippen molar-refractivity contribution < 1.29 is 4.79 Å². The van der Waals surface area contributed by atoms with Gasteiger partial charge >= 0.3 is 0 Å². The van der Waals surface area contributed by atoms with Crippen molar-refractivity contribution in [2.45, 2.75) is 6.92 Å². The first-order valence-corrected chi connectivity index (χ1v) is 5.87. The summed E-state index contributed by atoms with van der Waals surface area (Å²) >= 11 is 5.83. The minimum absolute atomic E-state index is 0.198. The molecule has 0 unspecified atom stereocenters. The molecule has 2 rings (SSSR count). The number of hydrogen-bond donors (Lipinski definition) is 0. The zero-order valence-corrected chi connectivity index (χ0v) is 10.1. The van der Waals surface area contributed by atoms with Gasteiger partial charge in [0.1, 0.15) is 0 Å². The lowest BCUT2D eigenvalue weighted by atomic mass is 10.2. The molecule has 3 nitrogen and oxygen atoms in total. The molecule has 86 valence electrons. The van der Waals surface area contributed by atoms with Gasteiger partial charge < -0.3 is 9.80 Å². The van der Waals surface area contributed by atoms with Crippen molar-refractivity contribution in [3.8, 4) is 0 Å². The van der Waals surface area contributed by atoms with Crippen LogP contribution in [-0.2, 0) is 4.79 Å². The summed E-state index contributed by atoms with van der Waals surface area (Å²) in [5, 5.41) is 0.724. The summed E-state index contributed by atoms with van der Waals surface area (Å²) in [6.45, 7) is 4.97. The third-order valence-corrected chi connectivity index (χ3v) is 3.14. The average molecular weight is 239 g/mol. The van der Waals surface area contributed by atoms with Crippen LogP contribution in [0.3, 0.4) is 0 Å². The number of hydrogen-bond acceptors (Lipinski definition) is 2. The lowest BCUT2D eigenvalue weighted by Gasteiger charge is -2.35. The van der Waals surface area contributed by atoms with Crippen molar-refractivity contribution in [1.82, 2.24) is 4.90 Å². The van der Waals surface area contributed by atoms with Gasteiger partial charge in [0.25, 0.3) is 0 Å². The summed E-state index contributed by atoms with van der Waals surface area (Å²) in [4.78, 5) is 15.7. The molecule has 1 aromatic rings. The van der Waals surface area contributed by atoms with E-state index in [9.17, 15) is 4.79 Å². The number of nitrogens with zero attached hydrogens (tertiary/aromatic N) is 2. The van der Waals surface area contributed by atoms with Crippen molar-refractivity contribution in [1.29, 1.82) is 0 Å². The quantitative estimate of drug-likeness (QED) is 0.787. The predicted octanol–water partition coefficient (Wildman–Crippen LogP) is 2.01. The number of amides is 1. The molecular formula is C12H15ClN2O. The van der Waals surface area contributed by atoms with Gasteiger partial charge in [-0.3, -0.25) is 4.79 Å². The number of piperazine rings is 1. The van der Waals surface area contributed by atoms with E-state index in [2.05, 4.69) is 4.90 Å². The molecule has 4 heteroatoms. The van der Waals surface area contributed by atoms with Crippen LogP contribution in [0.2, 0.25) is 5.02 Å². The summed E-state index contributed by atoms with van der Waals surface area (Å²) in [5.74, 6) is 0.198. The van der Waals surface area contributed by atoms with Gasteiger partial charge in [0.05, 0.1) is 6.54 Å². The van der Waals surface area contributed by atoms with Gasteiger partial charge in [0.2, 0.25) is 5.91 Å². The Labute approximate surface area is 101 Å². The van der Waals surface area contributed by atoms with Crippen molar-refractivity contribution in [2.24, 2.45) is 0 Å². The molecule has 1 amide bonds. The predicted molar refractivity (Wildman–Crippen MR) is 65.9 cm³/mol. The largest absolute Gasteiger partial charge is 0.360 e. The number of anilines is 1. The molecule has 1 aromatic carbocycles. The van der Waals surface area contributed by atoms with Crippen LogP contribution in [0.5, 0.6) is 0 Å². The second-order valence-electron chi connectivity index (χ2n) is 3.87. The van der Waals surface area contributed by atoms with Crippen LogP contribution in [0.4, 0.5) is 5.69 Å². The summed E-state index contributed by atoms with van der Waals surface area (Å²) in [7, 11) is 0. The second kappa shape index (κ2) is 4.74. The monoisotopic (exact) mass is 238 g/mol. The smallest absolute Gasteiger partial charge is 0.242 e. The van der Waals surface area contributed by atoms with E-state index in [0.29, 0.717) is 6.54 Å². The third-order valence-electron chi connectivity index (χ3n) is 2.89. The fourth-order valence-corrected chi connectivity index (χ4v) is 2.04. The molecule has 0 aliphatic carbocycles. The minimum atomic E-state index is 0.198. The van der Waals surface area contributed by atoms with E-state index in [0.717, 1.165) is 30.3 Å². The maximum atomic E-state index is 11.7. The highest BCUT2D eigenvalue weighted by Gasteiger charge is 2.22. The summed E-state index contributed by atoms with van der Waals surface area (Å²) in [5.41, 5.74) is 1.06. The molecule has 0 spiro atoms. The van der Waals surface area contributed by atoms with E-state index in [1.165, 1.54) is 0 Å². The Morgan fingerprint density at radius 1 is 1.25 bits per heavy atom. The molecule has 0 saturated carbocycles. The number of carbonyl (C=O) groups is 1. The van der Waals surface area contributed by atoms with E-state index < -0.39 is 0 Å². The highest BCUT2D eigenvalue weighted by atomic mass is 35.5. The number of carbonyl (C=O) groups excluding carboxylic acids is 1. The lowest BCUT2D eigenvalue weighted by Crippen LogP contribution is -2.50. The molecule has 0 aromatic heterocycles. The maximum absolute atomic E-state index is 11.7. The van der Waals surface area contributed by atoms with Gasteiger partial charge in [-0.05, 0) is 31.2 Å². The Hall–Kier alpha value is -1.22. The minimum Gasteiger partial charge on any atom is -0.360 e. The van der Waals surface area contributed by atoms with E-state index in [-0.39, 0.29) is 5.91 Å². The first kappa shape index (κ1) is 11.3. The Morgan fingerprint density at radius 2 is 1.94 bits per heavy atom. The van der Waals surface area contributed by atoms with Crippen molar-refractivity contribution in [2.75, 3.05) is 31.1 Å². The van der Waals surface area contributed by atoms with Crippen molar-refractivity contribution >= 4 is 23.2 Å². The van der Waals surface area contributed by atoms with Crippen LogP contribution in [0, 0.1) is 0 Å². The molecule has 0 bridgehead atoms. The molecule has 0 N–H and O–H groups in total. The number of likely N-dealkylation sites (N-methyl/N-ethyl adjacent to an activating group) is 1. The molecule has 1 aliphatic heterocycles. The topological polar surface area (TPSA) is 23.6 Å². The fourth-order valence-electron chi connectivity index (χ4n) is 1.92. The molecule has 0 radical (unpaired) electrons. The summed E-state index contributed by atoms with van der Waals surface area (Å²) < 4.78 is 0. The molecule has 1 aliphatic rings. The molecule has 1 saturated heterocycles. The van der Waals surface area contributed by atoms with Crippen LogP contribution >= 0.6 is 11.6 Å². The zero-order valence-electron chi connectivity index (χ0n) is 9.32. The van der Waals surface area contributed by atoms with Crippen LogP contribution < -0.4 is 4.90 Å². The summed E-state index contributed by atoms with van der Waals surface area (Å²) in [6, 6.07) is 7.62. The zero-order chi connectivity index (χ0) is 11.5. The SMILES string of the molecule is CCN1CCN(c2ccc(Cl)cc2)CC1=O. The molecule has 1 fully saturated rings. The van der Waals surface area contributed by atoms with Crippen LogP contribution in [0.15, 0.2) is 24.3 Å². The number of rotatable bonds is 2. The average Bonchev–Trinajstić information content (AvgIpc) is 2.30. The molecular weight excluding hydrogens is 224 g/mol. The van der Waals surface area contributed by atoms with E-state index >= 15 is 0 Å². The lowest BCUT2D eigenvalue weighted by molar-refractivity contribution is -0.130. The maximum Gasteiger partial charge on any atom is 0.242 e. The standard InChI is InChI=1S/C12H15ClN2O/c1-2-14-7-8-15(9-12(14)16)11-5-3-10(13)4-6-11/h3-6H,2,7-9H2,1H3. The Morgan fingerprint density at radius 3 is 2.50 bits per heavy atom. The van der Waals surface area contributed by atoms with Gasteiger partial charge in [0, 0.05) is 30.3 Å². The third kappa shape index (κ3) is 2.30. The van der Waals surface area contributed by atoms with E-state index in [4.69, 9.17) is 11.6 Å². The van der Waals surface area contributed by atoms with Gasteiger partial charge in [-0.2, -0.15) is 0 Å². The first-order chi connectivity index (χ1) is 7.70. The highest BCUT2D eigenvalue weighted by molar-refractivity contribution is 6.30. The summed E-state index contributed by atoms with van der Waals surface area (Å²) in [6.07, 6.45) is 0. The number of halogens is 1. The van der Waals surface area contributed by atoms with E-state index in [1.54, 1.807) is 0 Å². The second-order valence-corrected chi connectivity index (χ2v) is 4.31. The van der Waals surface area contributed by atoms with Gasteiger partial charge in [-0.1, -0.05) is 11.6 Å². The van der Waals surface area contributed by atoms with Gasteiger partial charge in [-0.15, -0.1) is 0 Å². The molecule has 1 heterocycles. The normalized spacial score (nSPS) is 16.8. The van der Waals surface area contributed by atoms with Crippen LogP contribution in [0.1, 0.15) is 6.92 Å².